The number of ether oxygens (including phenoxy) is 2. The van der Waals surface area contributed by atoms with Gasteiger partial charge in [-0.15, -0.1) is 0 Å². The van der Waals surface area contributed by atoms with Gasteiger partial charge in [-0.05, 0) is 43.0 Å². The monoisotopic (exact) mass is 334 g/mol. The maximum Gasteiger partial charge on any atom is 0.414 e. The van der Waals surface area contributed by atoms with Crippen molar-refractivity contribution in [1.82, 2.24) is 9.80 Å². The molecule has 5 nitrogen and oxygen atoms in total. The zero-order chi connectivity index (χ0) is 17.7. The van der Waals surface area contributed by atoms with E-state index in [1.165, 1.54) is 17.7 Å². The van der Waals surface area contributed by atoms with Crippen LogP contribution in [0, 0.1) is 0 Å². The number of rotatable bonds is 5. The SMILES string of the molecule is CN(C)C(=O)Oc1ccc(C(C)(C)C)c(OCCN2CCCC2)c1. The van der Waals surface area contributed by atoms with Gasteiger partial charge in [-0.2, -0.15) is 0 Å². The molecule has 0 aliphatic carbocycles. The first-order chi connectivity index (χ1) is 11.3. The molecule has 0 N–H and O–H groups in total. The van der Waals surface area contributed by atoms with Crippen molar-refractivity contribution in [1.29, 1.82) is 0 Å². The lowest BCUT2D eigenvalue weighted by atomic mass is 9.86. The molecule has 2 rings (SSSR count). The Morgan fingerprint density at radius 3 is 2.46 bits per heavy atom. The van der Waals surface area contributed by atoms with Crippen LogP contribution in [0.2, 0.25) is 0 Å². The Kier molecular flexibility index (Phi) is 6.10. The normalized spacial score (nSPS) is 15.4. The van der Waals surface area contributed by atoms with E-state index in [-0.39, 0.29) is 11.5 Å². The Labute approximate surface area is 145 Å². The molecule has 1 fully saturated rings. The molecular weight excluding hydrogens is 304 g/mol. The highest BCUT2D eigenvalue weighted by Gasteiger charge is 2.21. The van der Waals surface area contributed by atoms with Crippen LogP contribution in [0.15, 0.2) is 18.2 Å². The van der Waals surface area contributed by atoms with Crippen molar-refractivity contribution in [3.63, 3.8) is 0 Å². The molecule has 1 aliphatic rings. The van der Waals surface area contributed by atoms with E-state index >= 15 is 0 Å². The minimum absolute atomic E-state index is 0.0347. The molecule has 1 amide bonds. The van der Waals surface area contributed by atoms with Crippen LogP contribution >= 0.6 is 0 Å². The van der Waals surface area contributed by atoms with Crippen molar-refractivity contribution in [3.8, 4) is 11.5 Å². The second-order valence-corrected chi connectivity index (χ2v) is 7.57. The van der Waals surface area contributed by atoms with Gasteiger partial charge in [0.2, 0.25) is 0 Å². The summed E-state index contributed by atoms with van der Waals surface area (Å²) in [6.45, 7) is 10.4. The van der Waals surface area contributed by atoms with Crippen LogP contribution in [0.5, 0.6) is 11.5 Å². The van der Waals surface area contributed by atoms with Gasteiger partial charge in [-0.3, -0.25) is 4.90 Å². The zero-order valence-corrected chi connectivity index (χ0v) is 15.6. The highest BCUT2D eigenvalue weighted by Crippen LogP contribution is 2.34. The largest absolute Gasteiger partial charge is 0.492 e. The minimum Gasteiger partial charge on any atom is -0.492 e. The molecule has 5 heteroatoms. The highest BCUT2D eigenvalue weighted by molar-refractivity contribution is 5.70. The van der Waals surface area contributed by atoms with E-state index in [2.05, 4.69) is 25.7 Å². The second kappa shape index (κ2) is 7.88. The first kappa shape index (κ1) is 18.6. The number of carbonyl (C=O) groups excluding carboxylic acids is 1. The number of nitrogens with zero attached hydrogens (tertiary/aromatic N) is 2. The van der Waals surface area contributed by atoms with E-state index in [1.54, 1.807) is 14.1 Å². The molecule has 0 aromatic heterocycles. The van der Waals surface area contributed by atoms with Gasteiger partial charge in [0.25, 0.3) is 0 Å². The van der Waals surface area contributed by atoms with Crippen molar-refractivity contribution >= 4 is 6.09 Å². The van der Waals surface area contributed by atoms with Gasteiger partial charge in [-0.25, -0.2) is 4.79 Å². The summed E-state index contributed by atoms with van der Waals surface area (Å²) in [6, 6.07) is 5.64. The number of likely N-dealkylation sites (tertiary alicyclic amines) is 1. The van der Waals surface area contributed by atoms with Crippen molar-refractivity contribution < 1.29 is 14.3 Å². The lowest BCUT2D eigenvalue weighted by Crippen LogP contribution is -2.26. The van der Waals surface area contributed by atoms with Crippen LogP contribution in [0.3, 0.4) is 0 Å². The summed E-state index contributed by atoms with van der Waals surface area (Å²) in [4.78, 5) is 15.6. The van der Waals surface area contributed by atoms with Crippen LogP contribution in [-0.4, -0.2) is 56.2 Å². The van der Waals surface area contributed by atoms with Crippen molar-refractivity contribution in [2.75, 3.05) is 40.3 Å². The van der Waals surface area contributed by atoms with E-state index in [4.69, 9.17) is 9.47 Å². The second-order valence-electron chi connectivity index (χ2n) is 7.57. The average Bonchev–Trinajstić information content (AvgIpc) is 2.99. The molecule has 1 aromatic rings. The third-order valence-electron chi connectivity index (χ3n) is 4.20. The maximum absolute atomic E-state index is 11.7. The predicted octanol–water partition coefficient (Wildman–Crippen LogP) is 3.52. The van der Waals surface area contributed by atoms with Gasteiger partial charge in [0.05, 0.1) is 0 Å². The number of benzene rings is 1. The highest BCUT2D eigenvalue weighted by atomic mass is 16.6. The smallest absolute Gasteiger partial charge is 0.414 e. The fourth-order valence-electron chi connectivity index (χ4n) is 2.79. The van der Waals surface area contributed by atoms with Crippen LogP contribution in [-0.2, 0) is 5.41 Å². The summed E-state index contributed by atoms with van der Waals surface area (Å²) in [5.74, 6) is 1.31. The molecule has 1 aromatic carbocycles. The molecule has 1 aliphatic heterocycles. The molecule has 0 bridgehead atoms. The van der Waals surface area contributed by atoms with E-state index < -0.39 is 0 Å². The summed E-state index contributed by atoms with van der Waals surface area (Å²) in [7, 11) is 3.33. The van der Waals surface area contributed by atoms with Crippen LogP contribution in [0.4, 0.5) is 4.79 Å². The quantitative estimate of drug-likeness (QED) is 0.826. The lowest BCUT2D eigenvalue weighted by molar-refractivity contribution is 0.171. The molecule has 1 saturated heterocycles. The topological polar surface area (TPSA) is 42.0 Å². The fourth-order valence-corrected chi connectivity index (χ4v) is 2.79. The Balaban J connectivity index is 2.09. The zero-order valence-electron chi connectivity index (χ0n) is 15.6. The first-order valence-electron chi connectivity index (χ1n) is 8.66. The third kappa shape index (κ3) is 5.13. The summed E-state index contributed by atoms with van der Waals surface area (Å²) in [6.07, 6.45) is 2.17. The summed E-state index contributed by atoms with van der Waals surface area (Å²) < 4.78 is 11.4. The average molecular weight is 334 g/mol. The summed E-state index contributed by atoms with van der Waals surface area (Å²) >= 11 is 0. The van der Waals surface area contributed by atoms with Crippen LogP contribution in [0.1, 0.15) is 39.2 Å². The maximum atomic E-state index is 11.7. The number of amides is 1. The third-order valence-corrected chi connectivity index (χ3v) is 4.20. The number of carbonyl (C=O) groups is 1. The number of hydrogen-bond donors (Lipinski definition) is 0. The van der Waals surface area contributed by atoms with Gasteiger partial charge in [0.1, 0.15) is 18.1 Å². The molecule has 0 spiro atoms. The van der Waals surface area contributed by atoms with Crippen molar-refractivity contribution in [2.24, 2.45) is 0 Å². The Morgan fingerprint density at radius 2 is 1.88 bits per heavy atom. The Hall–Kier alpha value is -1.75. The van der Waals surface area contributed by atoms with Gasteiger partial charge in [-0.1, -0.05) is 26.8 Å². The van der Waals surface area contributed by atoms with Crippen LogP contribution < -0.4 is 9.47 Å². The Morgan fingerprint density at radius 1 is 1.21 bits per heavy atom. The fraction of sp³-hybridized carbons (Fsp3) is 0.632. The molecule has 0 radical (unpaired) electrons. The van der Waals surface area contributed by atoms with Gasteiger partial charge < -0.3 is 14.4 Å². The molecule has 134 valence electrons. The van der Waals surface area contributed by atoms with E-state index in [0.29, 0.717) is 12.4 Å². The van der Waals surface area contributed by atoms with Gasteiger partial charge in [0, 0.05) is 26.7 Å². The molecule has 1 heterocycles. The van der Waals surface area contributed by atoms with E-state index in [0.717, 1.165) is 30.9 Å². The first-order valence-corrected chi connectivity index (χ1v) is 8.66. The van der Waals surface area contributed by atoms with Gasteiger partial charge in [0.15, 0.2) is 0 Å². The van der Waals surface area contributed by atoms with E-state index in [1.807, 2.05) is 18.2 Å². The lowest BCUT2D eigenvalue weighted by Gasteiger charge is -2.24. The standard InChI is InChI=1S/C19H30N2O3/c1-19(2,3)16-9-8-15(24-18(22)20(4)5)14-17(16)23-13-12-21-10-6-7-11-21/h8-9,14H,6-7,10-13H2,1-5H3. The van der Waals surface area contributed by atoms with Crippen LogP contribution in [0.25, 0.3) is 0 Å². The molecule has 24 heavy (non-hydrogen) atoms. The predicted molar refractivity (Wildman–Crippen MR) is 96.0 cm³/mol. The molecule has 0 atom stereocenters. The van der Waals surface area contributed by atoms with Crippen molar-refractivity contribution in [3.05, 3.63) is 23.8 Å². The molecule has 0 saturated carbocycles. The number of hydrogen-bond acceptors (Lipinski definition) is 4. The van der Waals surface area contributed by atoms with Crippen molar-refractivity contribution in [2.45, 2.75) is 39.0 Å². The Bertz CT molecular complexity index is 558. The van der Waals surface area contributed by atoms with Gasteiger partial charge >= 0.3 is 6.09 Å². The minimum atomic E-state index is -0.387. The van der Waals surface area contributed by atoms with E-state index in [9.17, 15) is 4.79 Å². The summed E-state index contributed by atoms with van der Waals surface area (Å²) in [5.41, 5.74) is 1.08. The molecular formula is C19H30N2O3. The summed E-state index contributed by atoms with van der Waals surface area (Å²) in [5, 5.41) is 0. The molecule has 0 unspecified atom stereocenters.